The van der Waals surface area contributed by atoms with Crippen LogP contribution in [0.4, 0.5) is 28.4 Å². The van der Waals surface area contributed by atoms with Crippen molar-refractivity contribution >= 4 is 50.0 Å². The molecule has 0 spiro atoms. The van der Waals surface area contributed by atoms with Crippen LogP contribution in [0.1, 0.15) is 30.9 Å². The molecule has 7 aromatic carbocycles. The third-order valence-corrected chi connectivity index (χ3v) is 10.7. The Bertz CT molecular complexity index is 2390. The molecule has 2 heteroatoms. The number of allylic oxidation sites excluding steroid dienone is 3. The number of para-hydroxylation sites is 2. The van der Waals surface area contributed by atoms with Crippen LogP contribution in [-0.2, 0) is 5.41 Å². The van der Waals surface area contributed by atoms with Gasteiger partial charge in [0, 0.05) is 40.1 Å². The predicted molar refractivity (Wildman–Crippen MR) is 208 cm³/mol. The van der Waals surface area contributed by atoms with Gasteiger partial charge in [-0.3, -0.25) is 0 Å². The van der Waals surface area contributed by atoms with Gasteiger partial charge in [-0.1, -0.05) is 129 Å². The minimum Gasteiger partial charge on any atom is -0.311 e. The average molecular weight is 631 g/mol. The number of nitrogens with zero attached hydrogens (tertiary/aromatic N) is 2. The van der Waals surface area contributed by atoms with Crippen LogP contribution in [0.2, 0.25) is 0 Å². The highest BCUT2D eigenvalue weighted by atomic mass is 15.2. The summed E-state index contributed by atoms with van der Waals surface area (Å²) in [5, 5.41) is 4.99. The Morgan fingerprint density at radius 1 is 0.449 bits per heavy atom. The minimum atomic E-state index is -0.0799. The lowest BCUT2D eigenvalue weighted by molar-refractivity contribution is 0.392. The molecule has 49 heavy (non-hydrogen) atoms. The maximum absolute atomic E-state index is 2.53. The third-order valence-electron chi connectivity index (χ3n) is 10.7. The summed E-state index contributed by atoms with van der Waals surface area (Å²) in [5.41, 5.74) is 9.81. The first kappa shape index (κ1) is 29.3. The van der Waals surface area contributed by atoms with Crippen LogP contribution in [0.3, 0.4) is 0 Å². The average Bonchev–Trinajstić information content (AvgIpc) is 3.37. The van der Waals surface area contributed by atoms with Crippen LogP contribution in [0.5, 0.6) is 0 Å². The summed E-state index contributed by atoms with van der Waals surface area (Å²) in [4.78, 5) is 4.82. The molecule has 2 atom stereocenters. The Hall–Kier alpha value is -5.86. The van der Waals surface area contributed by atoms with E-state index in [-0.39, 0.29) is 5.41 Å². The molecule has 0 aliphatic heterocycles. The number of benzene rings is 7. The van der Waals surface area contributed by atoms with Crippen molar-refractivity contribution in [2.24, 2.45) is 5.92 Å². The molecule has 0 radical (unpaired) electrons. The summed E-state index contributed by atoms with van der Waals surface area (Å²) in [6.07, 6.45) is 7.32. The largest absolute Gasteiger partial charge is 0.311 e. The Morgan fingerprint density at radius 2 is 0.939 bits per heavy atom. The smallest absolute Gasteiger partial charge is 0.0468 e. The topological polar surface area (TPSA) is 6.48 Å². The van der Waals surface area contributed by atoms with Gasteiger partial charge in [-0.05, 0) is 111 Å². The maximum Gasteiger partial charge on any atom is 0.0468 e. The van der Waals surface area contributed by atoms with Gasteiger partial charge in [0.05, 0.1) is 0 Å². The lowest BCUT2D eigenvalue weighted by Crippen LogP contribution is -2.28. The highest BCUT2D eigenvalue weighted by Gasteiger charge is 2.46. The Balaban J connectivity index is 1.13. The Morgan fingerprint density at radius 3 is 1.55 bits per heavy atom. The van der Waals surface area contributed by atoms with Gasteiger partial charge in [0.25, 0.3) is 0 Å². The molecule has 9 rings (SSSR count). The molecule has 2 aliphatic rings. The molecule has 0 bridgehead atoms. The Labute approximate surface area is 288 Å². The lowest BCUT2D eigenvalue weighted by Gasteiger charge is -2.35. The number of rotatable bonds is 6. The molecule has 0 saturated carbocycles. The highest BCUT2D eigenvalue weighted by molar-refractivity contribution is 5.90. The maximum atomic E-state index is 2.53. The van der Waals surface area contributed by atoms with Gasteiger partial charge in [-0.25, -0.2) is 0 Å². The molecular weight excluding hydrogens is 593 g/mol. The lowest BCUT2D eigenvalue weighted by atomic mass is 9.74. The highest BCUT2D eigenvalue weighted by Crippen LogP contribution is 2.55. The summed E-state index contributed by atoms with van der Waals surface area (Å²) >= 11 is 0. The van der Waals surface area contributed by atoms with E-state index in [1.807, 2.05) is 0 Å². The number of hydrogen-bond donors (Lipinski definition) is 0. The molecule has 0 fully saturated rings. The van der Waals surface area contributed by atoms with E-state index in [4.69, 9.17) is 0 Å². The van der Waals surface area contributed by atoms with Crippen molar-refractivity contribution in [1.29, 1.82) is 0 Å². The summed E-state index contributed by atoms with van der Waals surface area (Å²) in [6.45, 7) is 4.86. The van der Waals surface area contributed by atoms with Crippen LogP contribution in [0.25, 0.3) is 21.5 Å². The van der Waals surface area contributed by atoms with Crippen molar-refractivity contribution in [2.75, 3.05) is 9.80 Å². The first-order valence-electron chi connectivity index (χ1n) is 17.3. The molecule has 2 nitrogen and oxygen atoms in total. The first-order valence-corrected chi connectivity index (χ1v) is 17.3. The first-order chi connectivity index (χ1) is 24.0. The molecule has 0 N–H and O–H groups in total. The van der Waals surface area contributed by atoms with Crippen LogP contribution in [0, 0.1) is 5.92 Å². The van der Waals surface area contributed by atoms with Gasteiger partial charge in [0.15, 0.2) is 0 Å². The van der Waals surface area contributed by atoms with E-state index in [0.29, 0.717) is 11.8 Å². The van der Waals surface area contributed by atoms with Crippen molar-refractivity contribution in [3.63, 3.8) is 0 Å². The SMILES string of the molecule is CC1(C)c2cc(N(c3ccccc3)c3ccc4ccccc4c3)ccc2C2C=CC(N(c3ccccc3)c3ccc4ccccc4c3)=CC21. The molecule has 2 unspecified atom stereocenters. The van der Waals surface area contributed by atoms with Crippen molar-refractivity contribution in [3.8, 4) is 0 Å². The summed E-state index contributed by atoms with van der Waals surface area (Å²) in [6, 6.07) is 59.5. The molecular formula is C47H38N2. The monoisotopic (exact) mass is 630 g/mol. The van der Waals surface area contributed by atoms with E-state index in [0.717, 1.165) is 17.1 Å². The molecule has 0 saturated heterocycles. The van der Waals surface area contributed by atoms with Crippen molar-refractivity contribution in [3.05, 3.63) is 199 Å². The number of anilines is 5. The van der Waals surface area contributed by atoms with Crippen molar-refractivity contribution in [2.45, 2.75) is 25.2 Å². The molecule has 0 aromatic heterocycles. The van der Waals surface area contributed by atoms with E-state index in [1.165, 1.54) is 49.7 Å². The molecule has 236 valence electrons. The zero-order chi connectivity index (χ0) is 33.0. The van der Waals surface area contributed by atoms with Gasteiger partial charge < -0.3 is 9.80 Å². The van der Waals surface area contributed by atoms with Crippen LogP contribution >= 0.6 is 0 Å². The minimum absolute atomic E-state index is 0.0799. The molecule has 7 aromatic rings. The van der Waals surface area contributed by atoms with Crippen LogP contribution in [0.15, 0.2) is 188 Å². The van der Waals surface area contributed by atoms with E-state index in [1.54, 1.807) is 0 Å². The van der Waals surface area contributed by atoms with E-state index < -0.39 is 0 Å². The van der Waals surface area contributed by atoms with Gasteiger partial charge >= 0.3 is 0 Å². The normalized spacial score (nSPS) is 17.4. The molecule has 0 amide bonds. The fraction of sp³-hybridized carbons (Fsp3) is 0.106. The predicted octanol–water partition coefficient (Wildman–Crippen LogP) is 12.7. The van der Waals surface area contributed by atoms with E-state index in [2.05, 4.69) is 206 Å². The van der Waals surface area contributed by atoms with Crippen LogP contribution < -0.4 is 9.80 Å². The zero-order valence-electron chi connectivity index (χ0n) is 27.9. The number of fused-ring (bicyclic) bond motifs is 5. The van der Waals surface area contributed by atoms with Gasteiger partial charge in [0.2, 0.25) is 0 Å². The van der Waals surface area contributed by atoms with Crippen molar-refractivity contribution in [1.82, 2.24) is 0 Å². The summed E-state index contributed by atoms with van der Waals surface area (Å²) in [7, 11) is 0. The van der Waals surface area contributed by atoms with Gasteiger partial charge in [-0.15, -0.1) is 0 Å². The molecule has 0 heterocycles. The second kappa shape index (κ2) is 11.7. The summed E-state index contributed by atoms with van der Waals surface area (Å²) in [5.74, 6) is 0.637. The standard InChI is InChI=1S/C47H38N2/c1-47(2)45-31-41(48(37-17-5-3-6-18-37)39-23-21-33-13-9-11-15-35(33)29-39)25-27-43(45)44-28-26-42(32-46(44)47)49(38-19-7-4-8-20-38)40-24-22-34-14-10-12-16-36(34)30-40/h3-32,43,45H,1-2H3. The fourth-order valence-corrected chi connectivity index (χ4v) is 8.16. The van der Waals surface area contributed by atoms with E-state index >= 15 is 0 Å². The third kappa shape index (κ3) is 5.03. The quantitative estimate of drug-likeness (QED) is 0.180. The van der Waals surface area contributed by atoms with Gasteiger partial charge in [0.1, 0.15) is 0 Å². The summed E-state index contributed by atoms with van der Waals surface area (Å²) < 4.78 is 0. The molecule has 2 aliphatic carbocycles. The van der Waals surface area contributed by atoms with Gasteiger partial charge in [-0.2, -0.15) is 0 Å². The Kier molecular flexibility index (Phi) is 6.98. The second-order valence-electron chi connectivity index (χ2n) is 13.9. The van der Waals surface area contributed by atoms with Crippen LogP contribution in [-0.4, -0.2) is 0 Å². The zero-order valence-corrected chi connectivity index (χ0v) is 27.9. The van der Waals surface area contributed by atoms with E-state index in [9.17, 15) is 0 Å². The van der Waals surface area contributed by atoms with Crippen molar-refractivity contribution < 1.29 is 0 Å². The fourth-order valence-electron chi connectivity index (χ4n) is 8.16. The second-order valence-corrected chi connectivity index (χ2v) is 13.9. The number of hydrogen-bond acceptors (Lipinski definition) is 2.